The van der Waals surface area contributed by atoms with Gasteiger partial charge in [-0.2, -0.15) is 0 Å². The van der Waals surface area contributed by atoms with Crippen molar-refractivity contribution >= 4 is 39.2 Å². The Hall–Kier alpha value is -0.840. The summed E-state index contributed by atoms with van der Waals surface area (Å²) < 4.78 is 0.943. The van der Waals surface area contributed by atoms with Crippen LogP contribution >= 0.6 is 22.6 Å². The number of aryl methyl sites for hydroxylation is 1. The van der Waals surface area contributed by atoms with Gasteiger partial charge in [0.05, 0.1) is 10.1 Å². The molecule has 2 nitrogen and oxygen atoms in total. The number of halogens is 1. The molecule has 1 heterocycles. The number of hydrogen-bond acceptors (Lipinski definition) is 2. The molecule has 0 fully saturated rings. The largest absolute Gasteiger partial charge is 0.375 e. The van der Waals surface area contributed by atoms with Gasteiger partial charge in [0.15, 0.2) is 0 Å². The van der Waals surface area contributed by atoms with Crippen molar-refractivity contribution in [1.29, 1.82) is 0 Å². The summed E-state index contributed by atoms with van der Waals surface area (Å²) in [5.41, 5.74) is 5.20. The highest BCUT2D eigenvalue weighted by Gasteiger charge is 2.17. The summed E-state index contributed by atoms with van der Waals surface area (Å²) >= 11 is 2.37. The number of benzene rings is 1. The molecule has 1 aromatic heterocycles. The van der Waals surface area contributed by atoms with Gasteiger partial charge in [-0.25, -0.2) is 0 Å². The first-order chi connectivity index (χ1) is 8.40. The average Bonchev–Trinajstić information content (AvgIpc) is 2.39. The van der Waals surface area contributed by atoms with Crippen LogP contribution in [-0.4, -0.2) is 9.54 Å². The maximum Gasteiger partial charge on any atom is 0.0726 e. The maximum absolute atomic E-state index is 4.82. The predicted octanol–water partition coefficient (Wildman–Crippen LogP) is 3.92. The van der Waals surface area contributed by atoms with Crippen LogP contribution in [0, 0.1) is 0 Å². The number of aromatic nitrogens is 1. The van der Waals surface area contributed by atoms with E-state index in [1.54, 1.807) is 0 Å². The summed E-state index contributed by atoms with van der Waals surface area (Å²) in [7, 11) is 0. The van der Waals surface area contributed by atoms with Gasteiger partial charge in [0, 0.05) is 16.8 Å². The van der Waals surface area contributed by atoms with Crippen molar-refractivity contribution in [3.8, 4) is 0 Å². The molecule has 1 aliphatic rings. The van der Waals surface area contributed by atoms with Crippen molar-refractivity contribution in [2.24, 2.45) is 0 Å². The molecule has 1 aliphatic carbocycles. The molecule has 3 heteroatoms. The Labute approximate surface area is 115 Å². The molecular formula is C14H15IN2. The van der Waals surface area contributed by atoms with Crippen molar-refractivity contribution in [3.63, 3.8) is 0 Å². The van der Waals surface area contributed by atoms with E-state index in [0.717, 1.165) is 16.5 Å². The average molecular weight is 338 g/mol. The third-order valence-corrected chi connectivity index (χ3v) is 3.79. The number of hydrogen-bond donors (Lipinski definition) is 1. The second-order valence-corrected chi connectivity index (χ2v) is 5.21. The van der Waals surface area contributed by atoms with E-state index >= 15 is 0 Å². The molecule has 0 bridgehead atoms. The first-order valence-corrected chi connectivity index (χ1v) is 7.63. The highest BCUT2D eigenvalue weighted by atomic mass is 127. The summed E-state index contributed by atoms with van der Waals surface area (Å²) in [6.07, 6.45) is 4.88. The van der Waals surface area contributed by atoms with Crippen molar-refractivity contribution in [2.45, 2.75) is 25.7 Å². The lowest BCUT2D eigenvalue weighted by Gasteiger charge is -2.20. The molecule has 0 saturated carbocycles. The Kier molecular flexibility index (Phi) is 3.18. The van der Waals surface area contributed by atoms with E-state index in [0.29, 0.717) is 0 Å². The molecule has 0 aliphatic heterocycles. The van der Waals surface area contributed by atoms with Crippen LogP contribution < -0.4 is 5.32 Å². The number of para-hydroxylation sites is 1. The van der Waals surface area contributed by atoms with Crippen LogP contribution in [0.2, 0.25) is 0 Å². The van der Waals surface area contributed by atoms with Gasteiger partial charge in [0.25, 0.3) is 0 Å². The van der Waals surface area contributed by atoms with E-state index in [9.17, 15) is 0 Å². The molecular weight excluding hydrogens is 323 g/mol. The van der Waals surface area contributed by atoms with Crippen molar-refractivity contribution in [2.75, 3.05) is 9.87 Å². The van der Waals surface area contributed by atoms with Crippen LogP contribution in [0.3, 0.4) is 0 Å². The number of nitrogens with zero attached hydrogens (tertiary/aromatic N) is 1. The SMILES string of the molecule is ICNc1c2c(nc3ccccc13)CCCC2. The summed E-state index contributed by atoms with van der Waals surface area (Å²) in [6.45, 7) is 0. The first-order valence-electron chi connectivity index (χ1n) is 6.10. The summed E-state index contributed by atoms with van der Waals surface area (Å²) in [5.74, 6) is 0. The van der Waals surface area contributed by atoms with Gasteiger partial charge in [0.1, 0.15) is 0 Å². The lowest BCUT2D eigenvalue weighted by molar-refractivity contribution is 0.672. The molecule has 0 saturated heterocycles. The standard InChI is InChI=1S/C14H15IN2/c15-9-16-14-10-5-1-3-7-12(10)17-13-8-4-2-6-11(13)14/h1,3,5,7H,2,4,6,8-9H2,(H,16,17). The second-order valence-electron chi connectivity index (χ2n) is 4.45. The third kappa shape index (κ3) is 2.01. The Morgan fingerprint density at radius 3 is 2.88 bits per heavy atom. The first kappa shape index (κ1) is 11.3. The highest BCUT2D eigenvalue weighted by molar-refractivity contribution is 14.1. The van der Waals surface area contributed by atoms with E-state index in [1.165, 1.54) is 41.6 Å². The number of fused-ring (bicyclic) bond motifs is 2. The van der Waals surface area contributed by atoms with Gasteiger partial charge in [0.2, 0.25) is 0 Å². The fraction of sp³-hybridized carbons (Fsp3) is 0.357. The molecule has 0 atom stereocenters. The summed E-state index contributed by atoms with van der Waals surface area (Å²) in [6, 6.07) is 8.45. The lowest BCUT2D eigenvalue weighted by Crippen LogP contribution is -2.10. The number of alkyl halides is 1. The van der Waals surface area contributed by atoms with E-state index in [-0.39, 0.29) is 0 Å². The van der Waals surface area contributed by atoms with Crippen LogP contribution in [0.25, 0.3) is 10.9 Å². The van der Waals surface area contributed by atoms with Crippen LogP contribution in [0.1, 0.15) is 24.1 Å². The van der Waals surface area contributed by atoms with Gasteiger partial charge in [-0.1, -0.05) is 40.8 Å². The number of nitrogens with one attached hydrogen (secondary N) is 1. The molecule has 1 aromatic carbocycles. The molecule has 0 amide bonds. The molecule has 3 rings (SSSR count). The van der Waals surface area contributed by atoms with E-state index in [4.69, 9.17) is 4.98 Å². The zero-order chi connectivity index (χ0) is 11.7. The predicted molar refractivity (Wildman–Crippen MR) is 80.9 cm³/mol. The van der Waals surface area contributed by atoms with Gasteiger partial charge in [-0.15, -0.1) is 0 Å². The molecule has 1 N–H and O–H groups in total. The molecule has 2 aromatic rings. The second kappa shape index (κ2) is 4.80. The van der Waals surface area contributed by atoms with Crippen LogP contribution in [0.4, 0.5) is 5.69 Å². The van der Waals surface area contributed by atoms with Gasteiger partial charge in [-0.3, -0.25) is 4.98 Å². The molecule has 0 radical (unpaired) electrons. The van der Waals surface area contributed by atoms with Crippen LogP contribution in [-0.2, 0) is 12.8 Å². The zero-order valence-electron chi connectivity index (χ0n) is 9.67. The third-order valence-electron chi connectivity index (χ3n) is 3.41. The van der Waals surface area contributed by atoms with E-state index in [2.05, 4.69) is 52.2 Å². The Morgan fingerprint density at radius 1 is 1.18 bits per heavy atom. The molecule has 0 unspecified atom stereocenters. The molecule has 0 spiro atoms. The molecule has 17 heavy (non-hydrogen) atoms. The van der Waals surface area contributed by atoms with Gasteiger partial charge < -0.3 is 5.32 Å². The van der Waals surface area contributed by atoms with Crippen molar-refractivity contribution < 1.29 is 0 Å². The number of rotatable bonds is 2. The van der Waals surface area contributed by atoms with Gasteiger partial charge in [-0.05, 0) is 37.3 Å². The maximum atomic E-state index is 4.82. The minimum Gasteiger partial charge on any atom is -0.375 e. The quantitative estimate of drug-likeness (QED) is 0.510. The van der Waals surface area contributed by atoms with Crippen molar-refractivity contribution in [1.82, 2.24) is 4.98 Å². The fourth-order valence-electron chi connectivity index (χ4n) is 2.64. The van der Waals surface area contributed by atoms with Crippen LogP contribution in [0.5, 0.6) is 0 Å². The Bertz CT molecular complexity index is 551. The number of pyridine rings is 1. The zero-order valence-corrected chi connectivity index (χ0v) is 11.8. The summed E-state index contributed by atoms with van der Waals surface area (Å²) in [5, 5.41) is 4.79. The Balaban J connectivity index is 2.28. The lowest BCUT2D eigenvalue weighted by atomic mass is 9.93. The Morgan fingerprint density at radius 2 is 2.00 bits per heavy atom. The number of anilines is 1. The van der Waals surface area contributed by atoms with E-state index < -0.39 is 0 Å². The van der Waals surface area contributed by atoms with Gasteiger partial charge >= 0.3 is 0 Å². The van der Waals surface area contributed by atoms with E-state index in [1.807, 2.05) is 0 Å². The fourth-order valence-corrected chi connectivity index (χ4v) is 3.02. The minimum atomic E-state index is 0.943. The monoisotopic (exact) mass is 338 g/mol. The minimum absolute atomic E-state index is 0.943. The highest BCUT2D eigenvalue weighted by Crippen LogP contribution is 2.33. The summed E-state index contributed by atoms with van der Waals surface area (Å²) in [4.78, 5) is 4.82. The smallest absolute Gasteiger partial charge is 0.0726 e. The van der Waals surface area contributed by atoms with Crippen LogP contribution in [0.15, 0.2) is 24.3 Å². The topological polar surface area (TPSA) is 24.9 Å². The molecule has 88 valence electrons. The normalized spacial score (nSPS) is 14.6. The van der Waals surface area contributed by atoms with Crippen molar-refractivity contribution in [3.05, 3.63) is 35.5 Å².